The summed E-state index contributed by atoms with van der Waals surface area (Å²) in [5.74, 6) is 0. The van der Waals surface area contributed by atoms with Crippen molar-refractivity contribution < 1.29 is 8.85 Å². The molecular formula is C8H21NO2Si. The van der Waals surface area contributed by atoms with E-state index in [4.69, 9.17) is 8.85 Å². The van der Waals surface area contributed by atoms with Crippen LogP contribution in [0.3, 0.4) is 0 Å². The predicted molar refractivity (Wildman–Crippen MR) is 53.4 cm³/mol. The number of rotatable bonds is 7. The Balaban J connectivity index is 3.63. The van der Waals surface area contributed by atoms with Crippen molar-refractivity contribution in [1.82, 2.24) is 5.32 Å². The molecule has 0 saturated carbocycles. The van der Waals surface area contributed by atoms with Crippen LogP contribution in [0, 0.1) is 0 Å². The third-order valence-electron chi connectivity index (χ3n) is 1.87. The second kappa shape index (κ2) is 6.60. The molecule has 0 heterocycles. The van der Waals surface area contributed by atoms with Gasteiger partial charge in [0.25, 0.3) is 0 Å². The molecule has 0 radical (unpaired) electrons. The Kier molecular flexibility index (Phi) is 6.65. The van der Waals surface area contributed by atoms with E-state index in [9.17, 15) is 0 Å². The molecule has 0 aromatic rings. The van der Waals surface area contributed by atoms with E-state index < -0.39 is 8.56 Å². The molecule has 1 N–H and O–H groups in total. The minimum atomic E-state index is -1.82. The summed E-state index contributed by atoms with van der Waals surface area (Å²) in [6.07, 6.45) is 1.13. The Hall–Kier alpha value is 0.0969. The van der Waals surface area contributed by atoms with Crippen molar-refractivity contribution in [2.75, 3.05) is 20.4 Å². The third kappa shape index (κ3) is 4.87. The van der Waals surface area contributed by atoms with Crippen molar-refractivity contribution >= 4 is 8.56 Å². The summed E-state index contributed by atoms with van der Waals surface area (Å²) in [6.45, 7) is 7.89. The lowest BCUT2D eigenvalue weighted by atomic mass is 10.6. The van der Waals surface area contributed by atoms with E-state index in [1.165, 1.54) is 0 Å². The summed E-state index contributed by atoms with van der Waals surface area (Å²) >= 11 is 0. The summed E-state index contributed by atoms with van der Waals surface area (Å²) in [7, 11) is -0.0792. The van der Waals surface area contributed by atoms with Gasteiger partial charge in [-0.25, -0.2) is 0 Å². The van der Waals surface area contributed by atoms with E-state index >= 15 is 0 Å². The van der Waals surface area contributed by atoms with Crippen molar-refractivity contribution in [3.63, 3.8) is 0 Å². The normalized spacial score (nSPS) is 16.0. The molecule has 0 aromatic carbocycles. The summed E-state index contributed by atoms with van der Waals surface area (Å²) in [6, 6.07) is 1.06. The summed E-state index contributed by atoms with van der Waals surface area (Å²) < 4.78 is 11.1. The van der Waals surface area contributed by atoms with Crippen LogP contribution >= 0.6 is 0 Å². The summed E-state index contributed by atoms with van der Waals surface area (Å²) in [5.41, 5.74) is 0. The fourth-order valence-corrected chi connectivity index (χ4v) is 2.77. The van der Waals surface area contributed by atoms with Crippen LogP contribution in [-0.2, 0) is 8.85 Å². The summed E-state index contributed by atoms with van der Waals surface area (Å²) in [4.78, 5) is 0. The smallest absolute Gasteiger partial charge is 0.335 e. The van der Waals surface area contributed by atoms with E-state index in [1.54, 1.807) is 7.11 Å². The van der Waals surface area contributed by atoms with Crippen molar-refractivity contribution in [2.45, 2.75) is 32.9 Å². The number of hydrogen-bond donors (Lipinski definition) is 1. The molecule has 0 aliphatic carbocycles. The Labute approximate surface area is 76.7 Å². The molecule has 0 aliphatic rings. The van der Waals surface area contributed by atoms with Crippen LogP contribution in [0.5, 0.6) is 0 Å². The second-order valence-corrected chi connectivity index (χ2v) is 6.44. The molecule has 74 valence electrons. The van der Waals surface area contributed by atoms with Crippen molar-refractivity contribution in [2.24, 2.45) is 0 Å². The molecular weight excluding hydrogens is 170 g/mol. The first-order valence-electron chi connectivity index (χ1n) is 4.58. The van der Waals surface area contributed by atoms with E-state index in [0.717, 1.165) is 19.0 Å². The van der Waals surface area contributed by atoms with Gasteiger partial charge in [-0.3, -0.25) is 5.32 Å². The van der Waals surface area contributed by atoms with Gasteiger partial charge in [0.15, 0.2) is 0 Å². The van der Waals surface area contributed by atoms with Crippen molar-refractivity contribution in [1.29, 1.82) is 0 Å². The van der Waals surface area contributed by atoms with Crippen LogP contribution in [0.25, 0.3) is 0 Å². The SMILES string of the molecule is CCC[Si](C)(OC)OCNCC. The van der Waals surface area contributed by atoms with Crippen LogP contribution in [0.15, 0.2) is 0 Å². The highest BCUT2D eigenvalue weighted by atomic mass is 28.4. The molecule has 0 aromatic heterocycles. The standard InChI is InChI=1S/C8H21NO2Si/c1-5-7-12(4,10-3)11-8-9-6-2/h9H,5-8H2,1-4H3. The van der Waals surface area contributed by atoms with Crippen LogP contribution in [-0.4, -0.2) is 28.9 Å². The number of hydrogen-bond acceptors (Lipinski definition) is 3. The highest BCUT2D eigenvalue weighted by Crippen LogP contribution is 2.13. The lowest BCUT2D eigenvalue weighted by Crippen LogP contribution is -2.40. The average Bonchev–Trinajstić information content (AvgIpc) is 2.06. The molecule has 1 atom stereocenters. The maximum atomic E-state index is 5.67. The van der Waals surface area contributed by atoms with Gasteiger partial charge in [0, 0.05) is 7.11 Å². The largest absolute Gasteiger partial charge is 0.398 e. The van der Waals surface area contributed by atoms with Crippen LogP contribution in [0.1, 0.15) is 20.3 Å². The van der Waals surface area contributed by atoms with Gasteiger partial charge in [-0.15, -0.1) is 0 Å². The Morgan fingerprint density at radius 1 is 1.33 bits per heavy atom. The van der Waals surface area contributed by atoms with Gasteiger partial charge >= 0.3 is 8.56 Å². The zero-order chi connectivity index (χ0) is 9.45. The first-order valence-corrected chi connectivity index (χ1v) is 7.10. The third-order valence-corrected chi connectivity index (χ3v) is 4.89. The number of nitrogens with one attached hydrogen (secondary N) is 1. The molecule has 0 spiro atoms. The summed E-state index contributed by atoms with van der Waals surface area (Å²) in [5, 5.41) is 3.13. The van der Waals surface area contributed by atoms with Crippen molar-refractivity contribution in [3.05, 3.63) is 0 Å². The molecule has 1 unspecified atom stereocenters. The highest BCUT2D eigenvalue weighted by molar-refractivity contribution is 6.65. The van der Waals surface area contributed by atoms with Gasteiger partial charge in [0.05, 0.1) is 6.73 Å². The van der Waals surface area contributed by atoms with Gasteiger partial charge in [0.2, 0.25) is 0 Å². The maximum Gasteiger partial charge on any atom is 0.335 e. The molecule has 0 fully saturated rings. The van der Waals surface area contributed by atoms with Gasteiger partial charge in [-0.1, -0.05) is 20.3 Å². The van der Waals surface area contributed by atoms with Crippen LogP contribution < -0.4 is 5.32 Å². The minimum Gasteiger partial charge on any atom is -0.398 e. The molecule has 3 nitrogen and oxygen atoms in total. The zero-order valence-corrected chi connectivity index (χ0v) is 9.64. The van der Waals surface area contributed by atoms with E-state index in [1.807, 2.05) is 0 Å². The van der Waals surface area contributed by atoms with Crippen LogP contribution in [0.2, 0.25) is 12.6 Å². The fraction of sp³-hybridized carbons (Fsp3) is 1.00. The Morgan fingerprint density at radius 2 is 2.00 bits per heavy atom. The Bertz CT molecular complexity index is 113. The predicted octanol–water partition coefficient (Wildman–Crippen LogP) is 1.70. The maximum absolute atomic E-state index is 5.67. The van der Waals surface area contributed by atoms with E-state index in [-0.39, 0.29) is 0 Å². The average molecular weight is 191 g/mol. The molecule has 12 heavy (non-hydrogen) atoms. The van der Waals surface area contributed by atoms with Crippen molar-refractivity contribution in [3.8, 4) is 0 Å². The van der Waals surface area contributed by atoms with E-state index in [2.05, 4.69) is 25.7 Å². The topological polar surface area (TPSA) is 30.5 Å². The second-order valence-electron chi connectivity index (χ2n) is 2.98. The van der Waals surface area contributed by atoms with Gasteiger partial charge in [-0.2, -0.15) is 0 Å². The molecule has 0 bridgehead atoms. The zero-order valence-electron chi connectivity index (χ0n) is 8.64. The highest BCUT2D eigenvalue weighted by Gasteiger charge is 2.28. The van der Waals surface area contributed by atoms with Gasteiger partial charge < -0.3 is 8.85 Å². The van der Waals surface area contributed by atoms with E-state index in [0.29, 0.717) is 6.73 Å². The molecule has 4 heteroatoms. The molecule has 0 amide bonds. The van der Waals surface area contributed by atoms with Gasteiger partial charge in [-0.05, 0) is 19.1 Å². The molecule has 0 aliphatic heterocycles. The van der Waals surface area contributed by atoms with Crippen LogP contribution in [0.4, 0.5) is 0 Å². The lowest BCUT2D eigenvalue weighted by Gasteiger charge is -2.24. The monoisotopic (exact) mass is 191 g/mol. The molecule has 0 rings (SSSR count). The first kappa shape index (κ1) is 12.1. The Morgan fingerprint density at radius 3 is 2.42 bits per heavy atom. The first-order chi connectivity index (χ1) is 5.68. The quantitative estimate of drug-likeness (QED) is 0.377. The molecule has 0 saturated heterocycles. The van der Waals surface area contributed by atoms with Gasteiger partial charge in [0.1, 0.15) is 0 Å². The minimum absolute atomic E-state index is 0.618. The fourth-order valence-electron chi connectivity index (χ4n) is 0.993. The lowest BCUT2D eigenvalue weighted by molar-refractivity contribution is 0.189.